The van der Waals surface area contributed by atoms with Gasteiger partial charge in [0.15, 0.2) is 0 Å². The molecule has 0 amide bonds. The first kappa shape index (κ1) is 15.4. The number of benzene rings is 2. The van der Waals surface area contributed by atoms with Gasteiger partial charge < -0.3 is 10.1 Å². The molecule has 2 rings (SSSR count). The predicted octanol–water partition coefficient (Wildman–Crippen LogP) is 3.79. The van der Waals surface area contributed by atoms with Crippen molar-refractivity contribution >= 4 is 0 Å². The molecular weight excluding hydrogens is 272 g/mol. The topological polar surface area (TPSA) is 21.3 Å². The highest BCUT2D eigenvalue weighted by Gasteiger charge is 2.15. The van der Waals surface area contributed by atoms with Crippen LogP contribution in [-0.4, -0.2) is 14.2 Å². The molecule has 0 fully saturated rings. The summed E-state index contributed by atoms with van der Waals surface area (Å²) < 4.78 is 32.0. The Morgan fingerprint density at radius 1 is 1.14 bits per heavy atom. The van der Waals surface area contributed by atoms with E-state index in [-0.39, 0.29) is 6.04 Å². The van der Waals surface area contributed by atoms with Gasteiger partial charge in [-0.25, -0.2) is 8.78 Å². The molecule has 0 aliphatic carbocycles. The third-order valence-corrected chi connectivity index (χ3v) is 3.64. The lowest BCUT2D eigenvalue weighted by Gasteiger charge is -2.20. The Balaban J connectivity index is 2.27. The fourth-order valence-electron chi connectivity index (χ4n) is 2.44. The Kier molecular flexibility index (Phi) is 4.91. The summed E-state index contributed by atoms with van der Waals surface area (Å²) in [5.74, 6) is -0.279. The summed E-state index contributed by atoms with van der Waals surface area (Å²) in [6, 6.07) is 9.45. The van der Waals surface area contributed by atoms with E-state index in [2.05, 4.69) is 5.32 Å². The zero-order valence-corrected chi connectivity index (χ0v) is 12.4. The van der Waals surface area contributed by atoms with Crippen molar-refractivity contribution in [2.24, 2.45) is 0 Å². The SMILES string of the molecule is CNC(Cc1ccc(F)cc1F)c1ccc(OC)cc1C. The molecule has 0 aromatic heterocycles. The second-order valence-electron chi connectivity index (χ2n) is 5.00. The van der Waals surface area contributed by atoms with Crippen LogP contribution < -0.4 is 10.1 Å². The Labute approximate surface area is 123 Å². The van der Waals surface area contributed by atoms with E-state index in [1.165, 1.54) is 12.1 Å². The van der Waals surface area contributed by atoms with E-state index in [0.717, 1.165) is 22.9 Å². The molecular formula is C17H19F2NO. The van der Waals surface area contributed by atoms with E-state index in [1.54, 1.807) is 7.11 Å². The summed E-state index contributed by atoms with van der Waals surface area (Å²) in [5.41, 5.74) is 2.63. The molecule has 1 unspecified atom stereocenters. The third-order valence-electron chi connectivity index (χ3n) is 3.64. The average molecular weight is 291 g/mol. The van der Waals surface area contributed by atoms with Gasteiger partial charge in [0.1, 0.15) is 17.4 Å². The fraction of sp³-hybridized carbons (Fsp3) is 0.294. The van der Waals surface area contributed by atoms with Gasteiger partial charge in [-0.2, -0.15) is 0 Å². The van der Waals surface area contributed by atoms with Crippen molar-refractivity contribution in [1.29, 1.82) is 0 Å². The number of halogens is 2. The summed E-state index contributed by atoms with van der Waals surface area (Å²) in [6.07, 6.45) is 0.454. The predicted molar refractivity (Wildman–Crippen MR) is 79.6 cm³/mol. The standard InChI is InChI=1S/C17H19F2NO/c1-11-8-14(21-3)6-7-15(11)17(20-2)9-12-4-5-13(18)10-16(12)19/h4-8,10,17,20H,9H2,1-3H3. The Bertz CT molecular complexity index is 628. The van der Waals surface area contributed by atoms with Gasteiger partial charge in [-0.1, -0.05) is 12.1 Å². The van der Waals surface area contributed by atoms with Gasteiger partial charge in [0.25, 0.3) is 0 Å². The smallest absolute Gasteiger partial charge is 0.129 e. The van der Waals surface area contributed by atoms with Gasteiger partial charge in [-0.3, -0.25) is 0 Å². The van der Waals surface area contributed by atoms with Crippen LogP contribution in [0.25, 0.3) is 0 Å². The molecule has 1 atom stereocenters. The van der Waals surface area contributed by atoms with E-state index in [4.69, 9.17) is 4.74 Å². The average Bonchev–Trinajstić information content (AvgIpc) is 2.47. The van der Waals surface area contributed by atoms with E-state index in [0.29, 0.717) is 12.0 Å². The van der Waals surface area contributed by atoms with Crippen LogP contribution in [0.1, 0.15) is 22.7 Å². The molecule has 4 heteroatoms. The number of aryl methyl sites for hydroxylation is 1. The number of hydrogen-bond donors (Lipinski definition) is 1. The van der Waals surface area contributed by atoms with E-state index >= 15 is 0 Å². The van der Waals surface area contributed by atoms with Crippen molar-refractivity contribution in [3.8, 4) is 5.75 Å². The summed E-state index contributed by atoms with van der Waals surface area (Å²) in [7, 11) is 3.45. The quantitative estimate of drug-likeness (QED) is 0.905. The van der Waals surface area contributed by atoms with Crippen LogP contribution in [0.15, 0.2) is 36.4 Å². The van der Waals surface area contributed by atoms with Crippen LogP contribution in [0.2, 0.25) is 0 Å². The minimum absolute atomic E-state index is 0.0455. The lowest BCUT2D eigenvalue weighted by molar-refractivity contribution is 0.414. The number of ether oxygens (including phenoxy) is 1. The molecule has 2 aromatic rings. The molecule has 0 heterocycles. The van der Waals surface area contributed by atoms with Gasteiger partial charge in [-0.15, -0.1) is 0 Å². The third kappa shape index (κ3) is 3.58. The van der Waals surface area contributed by atoms with Crippen LogP contribution in [0, 0.1) is 18.6 Å². The van der Waals surface area contributed by atoms with Crippen molar-refractivity contribution in [3.05, 3.63) is 64.7 Å². The summed E-state index contributed by atoms with van der Waals surface area (Å²) in [4.78, 5) is 0. The Morgan fingerprint density at radius 2 is 1.90 bits per heavy atom. The van der Waals surface area contributed by atoms with E-state index in [9.17, 15) is 8.78 Å². The van der Waals surface area contributed by atoms with Crippen LogP contribution in [0.4, 0.5) is 8.78 Å². The molecule has 0 aliphatic rings. The van der Waals surface area contributed by atoms with Crippen LogP contribution in [0.3, 0.4) is 0 Å². The molecule has 2 nitrogen and oxygen atoms in total. The van der Waals surface area contributed by atoms with Crippen molar-refractivity contribution in [1.82, 2.24) is 5.32 Å². The zero-order valence-electron chi connectivity index (χ0n) is 12.4. The van der Waals surface area contributed by atoms with Gasteiger partial charge in [-0.05, 0) is 55.3 Å². The second kappa shape index (κ2) is 6.68. The highest BCUT2D eigenvalue weighted by Crippen LogP contribution is 2.26. The first-order valence-electron chi connectivity index (χ1n) is 6.81. The highest BCUT2D eigenvalue weighted by atomic mass is 19.1. The second-order valence-corrected chi connectivity index (χ2v) is 5.00. The molecule has 0 saturated carbocycles. The first-order valence-corrected chi connectivity index (χ1v) is 6.81. The van der Waals surface area contributed by atoms with Crippen molar-refractivity contribution < 1.29 is 13.5 Å². The largest absolute Gasteiger partial charge is 0.497 e. The van der Waals surface area contributed by atoms with Gasteiger partial charge in [0.05, 0.1) is 7.11 Å². The number of nitrogens with one attached hydrogen (secondary N) is 1. The van der Waals surface area contributed by atoms with Gasteiger partial charge >= 0.3 is 0 Å². The first-order chi connectivity index (χ1) is 10.0. The van der Waals surface area contributed by atoms with E-state index in [1.807, 2.05) is 32.2 Å². The molecule has 0 saturated heterocycles. The minimum Gasteiger partial charge on any atom is -0.497 e. The van der Waals surface area contributed by atoms with Gasteiger partial charge in [0, 0.05) is 12.1 Å². The van der Waals surface area contributed by atoms with Gasteiger partial charge in [0.2, 0.25) is 0 Å². The summed E-state index contributed by atoms with van der Waals surface area (Å²) in [5, 5.41) is 3.19. The van der Waals surface area contributed by atoms with Crippen molar-refractivity contribution in [2.45, 2.75) is 19.4 Å². The molecule has 0 bridgehead atoms. The maximum Gasteiger partial charge on any atom is 0.129 e. The molecule has 21 heavy (non-hydrogen) atoms. The highest BCUT2D eigenvalue weighted by molar-refractivity contribution is 5.37. The number of methoxy groups -OCH3 is 1. The molecule has 0 aliphatic heterocycles. The number of rotatable bonds is 5. The van der Waals surface area contributed by atoms with Crippen LogP contribution in [-0.2, 0) is 6.42 Å². The molecule has 112 valence electrons. The van der Waals surface area contributed by atoms with Crippen molar-refractivity contribution in [3.63, 3.8) is 0 Å². The lowest BCUT2D eigenvalue weighted by Crippen LogP contribution is -2.20. The Hall–Kier alpha value is -1.94. The molecule has 0 spiro atoms. The maximum absolute atomic E-state index is 13.8. The van der Waals surface area contributed by atoms with Crippen molar-refractivity contribution in [2.75, 3.05) is 14.2 Å². The summed E-state index contributed by atoms with van der Waals surface area (Å²) >= 11 is 0. The number of hydrogen-bond acceptors (Lipinski definition) is 2. The van der Waals surface area contributed by atoms with Crippen LogP contribution >= 0.6 is 0 Å². The molecule has 2 aromatic carbocycles. The normalized spacial score (nSPS) is 12.2. The minimum atomic E-state index is -0.558. The molecule has 1 N–H and O–H groups in total. The fourth-order valence-corrected chi connectivity index (χ4v) is 2.44. The summed E-state index contributed by atoms with van der Waals surface area (Å²) in [6.45, 7) is 1.99. The Morgan fingerprint density at radius 3 is 2.48 bits per heavy atom. The maximum atomic E-state index is 13.8. The monoisotopic (exact) mass is 291 g/mol. The van der Waals surface area contributed by atoms with E-state index < -0.39 is 11.6 Å². The zero-order chi connectivity index (χ0) is 15.4. The van der Waals surface area contributed by atoms with Crippen LogP contribution in [0.5, 0.6) is 5.75 Å². The lowest BCUT2D eigenvalue weighted by atomic mass is 9.95. The number of likely N-dealkylation sites (N-methyl/N-ethyl adjacent to an activating group) is 1. The molecule has 0 radical (unpaired) electrons.